The molecule has 154 valence electrons. The molecule has 0 saturated carbocycles. The molecule has 0 atom stereocenters. The molecule has 0 spiro atoms. The van der Waals surface area contributed by atoms with Crippen LogP contribution in [0.15, 0.2) is 54.6 Å². The lowest BCUT2D eigenvalue weighted by atomic mass is 9.95. The molecular weight excluding hydrogens is 360 g/mol. The fourth-order valence-corrected chi connectivity index (χ4v) is 3.85. The first-order valence-corrected chi connectivity index (χ1v) is 10.9. The number of benzene rings is 2. The maximum atomic E-state index is 12.7. The van der Waals surface area contributed by atoms with Gasteiger partial charge in [0.25, 0.3) is 0 Å². The Balaban J connectivity index is 1.44. The normalized spacial score (nSPS) is 14.6. The molecule has 0 aromatic heterocycles. The number of nitrogens with zero attached hydrogens (tertiary/aromatic N) is 1. The molecule has 1 N–H and O–H groups in total. The van der Waals surface area contributed by atoms with Crippen LogP contribution >= 0.6 is 0 Å². The van der Waals surface area contributed by atoms with Crippen molar-refractivity contribution in [3.05, 3.63) is 60.2 Å². The number of carbonyl (C=O) groups is 2. The largest absolute Gasteiger partial charge is 0.356 e. The van der Waals surface area contributed by atoms with Crippen molar-refractivity contribution in [1.29, 1.82) is 0 Å². The van der Waals surface area contributed by atoms with E-state index in [0.29, 0.717) is 19.5 Å². The standard InChI is InChI=1S/C25H32N2O2/c1-2-3-7-16-26-25(29)23-14-17-27(18-15-23)24(28)19-20-10-12-22(13-11-20)21-8-5-4-6-9-21/h4-6,8-13,23H,2-3,7,14-19H2,1H3,(H,26,29). The third kappa shape index (κ3) is 6.18. The summed E-state index contributed by atoms with van der Waals surface area (Å²) in [6.07, 6.45) is 5.30. The van der Waals surface area contributed by atoms with Crippen molar-refractivity contribution in [3.63, 3.8) is 0 Å². The summed E-state index contributed by atoms with van der Waals surface area (Å²) in [5.74, 6) is 0.356. The van der Waals surface area contributed by atoms with Crippen LogP contribution in [0.1, 0.15) is 44.6 Å². The first-order valence-electron chi connectivity index (χ1n) is 10.9. The lowest BCUT2D eigenvalue weighted by Crippen LogP contribution is -2.43. The molecule has 4 nitrogen and oxygen atoms in total. The topological polar surface area (TPSA) is 49.4 Å². The highest BCUT2D eigenvalue weighted by Crippen LogP contribution is 2.21. The van der Waals surface area contributed by atoms with E-state index in [1.165, 1.54) is 5.56 Å². The van der Waals surface area contributed by atoms with Crippen LogP contribution in [0.2, 0.25) is 0 Å². The second-order valence-electron chi connectivity index (χ2n) is 7.89. The number of piperidine rings is 1. The Morgan fingerprint density at radius 1 is 0.931 bits per heavy atom. The third-order valence-corrected chi connectivity index (χ3v) is 5.71. The number of rotatable bonds is 8. The van der Waals surface area contributed by atoms with Gasteiger partial charge < -0.3 is 10.2 Å². The highest BCUT2D eigenvalue weighted by atomic mass is 16.2. The lowest BCUT2D eigenvalue weighted by molar-refractivity contribution is -0.135. The lowest BCUT2D eigenvalue weighted by Gasteiger charge is -2.31. The maximum Gasteiger partial charge on any atom is 0.226 e. The van der Waals surface area contributed by atoms with E-state index >= 15 is 0 Å². The molecule has 2 amide bonds. The van der Waals surface area contributed by atoms with Crippen LogP contribution in [0.5, 0.6) is 0 Å². The number of hydrogen-bond donors (Lipinski definition) is 1. The molecule has 3 rings (SSSR count). The number of unbranched alkanes of at least 4 members (excludes halogenated alkanes) is 2. The van der Waals surface area contributed by atoms with Crippen LogP contribution in [0, 0.1) is 5.92 Å². The molecular formula is C25H32N2O2. The van der Waals surface area contributed by atoms with Gasteiger partial charge in [-0.1, -0.05) is 74.4 Å². The number of carbonyl (C=O) groups excluding carboxylic acids is 2. The molecule has 0 unspecified atom stereocenters. The van der Waals surface area contributed by atoms with Crippen molar-refractivity contribution in [3.8, 4) is 11.1 Å². The minimum atomic E-state index is 0.0471. The summed E-state index contributed by atoms with van der Waals surface area (Å²) in [7, 11) is 0. The van der Waals surface area contributed by atoms with Gasteiger partial charge in [0.2, 0.25) is 11.8 Å². The van der Waals surface area contributed by atoms with Gasteiger partial charge in [0.15, 0.2) is 0 Å². The first-order chi connectivity index (χ1) is 14.2. The first kappa shape index (κ1) is 21.1. The molecule has 1 aliphatic rings. The highest BCUT2D eigenvalue weighted by Gasteiger charge is 2.27. The number of likely N-dealkylation sites (tertiary alicyclic amines) is 1. The van der Waals surface area contributed by atoms with Crippen molar-refractivity contribution in [2.75, 3.05) is 19.6 Å². The predicted molar refractivity (Wildman–Crippen MR) is 117 cm³/mol. The molecule has 4 heteroatoms. The number of amides is 2. The van der Waals surface area contributed by atoms with Crippen LogP contribution in [0.3, 0.4) is 0 Å². The van der Waals surface area contributed by atoms with Gasteiger partial charge in [-0.05, 0) is 36.0 Å². The van der Waals surface area contributed by atoms with Crippen LogP contribution in [0.25, 0.3) is 11.1 Å². The summed E-state index contributed by atoms with van der Waals surface area (Å²) in [6, 6.07) is 18.5. The van der Waals surface area contributed by atoms with Gasteiger partial charge >= 0.3 is 0 Å². The molecule has 2 aromatic carbocycles. The monoisotopic (exact) mass is 392 g/mol. The van der Waals surface area contributed by atoms with Gasteiger partial charge in [0.1, 0.15) is 0 Å². The quantitative estimate of drug-likeness (QED) is 0.675. The van der Waals surface area contributed by atoms with Crippen molar-refractivity contribution < 1.29 is 9.59 Å². The molecule has 0 aliphatic carbocycles. The Labute approximate surface area is 174 Å². The molecule has 1 saturated heterocycles. The van der Waals surface area contributed by atoms with Gasteiger partial charge in [0, 0.05) is 25.6 Å². The van der Waals surface area contributed by atoms with Crippen molar-refractivity contribution in [2.24, 2.45) is 5.92 Å². The van der Waals surface area contributed by atoms with Gasteiger partial charge in [-0.15, -0.1) is 0 Å². The summed E-state index contributed by atoms with van der Waals surface area (Å²) < 4.78 is 0. The predicted octanol–water partition coefficient (Wildman–Crippen LogP) is 4.44. The highest BCUT2D eigenvalue weighted by molar-refractivity contribution is 5.81. The smallest absolute Gasteiger partial charge is 0.226 e. The summed E-state index contributed by atoms with van der Waals surface area (Å²) in [6.45, 7) is 4.28. The molecule has 2 aromatic rings. The van der Waals surface area contributed by atoms with E-state index in [4.69, 9.17) is 0 Å². The average Bonchev–Trinajstić information content (AvgIpc) is 2.78. The molecule has 0 radical (unpaired) electrons. The fourth-order valence-electron chi connectivity index (χ4n) is 3.85. The minimum absolute atomic E-state index is 0.0471. The molecule has 1 heterocycles. The Morgan fingerprint density at radius 3 is 2.24 bits per heavy atom. The van der Waals surface area contributed by atoms with E-state index < -0.39 is 0 Å². The molecule has 1 aliphatic heterocycles. The van der Waals surface area contributed by atoms with Gasteiger partial charge in [-0.25, -0.2) is 0 Å². The van der Waals surface area contributed by atoms with E-state index in [-0.39, 0.29) is 17.7 Å². The zero-order valence-corrected chi connectivity index (χ0v) is 17.4. The van der Waals surface area contributed by atoms with Gasteiger partial charge in [0.05, 0.1) is 6.42 Å². The van der Waals surface area contributed by atoms with Gasteiger partial charge in [-0.3, -0.25) is 9.59 Å². The van der Waals surface area contributed by atoms with E-state index in [2.05, 4.69) is 36.5 Å². The molecule has 1 fully saturated rings. The Kier molecular flexibility index (Phi) is 7.85. The Hall–Kier alpha value is -2.62. The molecule has 29 heavy (non-hydrogen) atoms. The average molecular weight is 393 g/mol. The van der Waals surface area contributed by atoms with Crippen LogP contribution in [0.4, 0.5) is 0 Å². The fraction of sp³-hybridized carbons (Fsp3) is 0.440. The summed E-state index contributed by atoms with van der Waals surface area (Å²) in [5.41, 5.74) is 3.37. The zero-order chi connectivity index (χ0) is 20.5. The van der Waals surface area contributed by atoms with E-state index in [9.17, 15) is 9.59 Å². The molecule has 0 bridgehead atoms. The van der Waals surface area contributed by atoms with Crippen LogP contribution < -0.4 is 5.32 Å². The Bertz CT molecular complexity index is 778. The SMILES string of the molecule is CCCCCNC(=O)C1CCN(C(=O)Cc2ccc(-c3ccccc3)cc2)CC1. The summed E-state index contributed by atoms with van der Waals surface area (Å²) >= 11 is 0. The van der Waals surface area contributed by atoms with Crippen molar-refractivity contribution in [1.82, 2.24) is 10.2 Å². The minimum Gasteiger partial charge on any atom is -0.356 e. The number of hydrogen-bond acceptors (Lipinski definition) is 2. The van der Waals surface area contributed by atoms with Crippen molar-refractivity contribution >= 4 is 11.8 Å². The zero-order valence-electron chi connectivity index (χ0n) is 17.4. The summed E-state index contributed by atoms with van der Waals surface area (Å²) in [4.78, 5) is 26.8. The van der Waals surface area contributed by atoms with Crippen molar-refractivity contribution in [2.45, 2.75) is 45.4 Å². The van der Waals surface area contributed by atoms with E-state index in [1.807, 2.05) is 35.2 Å². The van der Waals surface area contributed by atoms with Gasteiger partial charge in [-0.2, -0.15) is 0 Å². The maximum absolute atomic E-state index is 12.7. The number of nitrogens with one attached hydrogen (secondary N) is 1. The Morgan fingerprint density at radius 2 is 1.59 bits per heavy atom. The van der Waals surface area contributed by atoms with Crippen LogP contribution in [-0.4, -0.2) is 36.3 Å². The van der Waals surface area contributed by atoms with E-state index in [0.717, 1.165) is 49.8 Å². The summed E-state index contributed by atoms with van der Waals surface area (Å²) in [5, 5.41) is 3.05. The third-order valence-electron chi connectivity index (χ3n) is 5.71. The van der Waals surface area contributed by atoms with E-state index in [1.54, 1.807) is 0 Å². The van der Waals surface area contributed by atoms with Crippen LogP contribution in [-0.2, 0) is 16.0 Å². The second kappa shape index (κ2) is 10.8. The second-order valence-corrected chi connectivity index (χ2v) is 7.89.